The van der Waals surface area contributed by atoms with Crippen LogP contribution in [-0.2, 0) is 17.9 Å². The molecule has 3 heterocycles. The minimum absolute atomic E-state index is 0.0978. The number of amides is 2. The van der Waals surface area contributed by atoms with Gasteiger partial charge in [0.15, 0.2) is 5.58 Å². The molecule has 0 saturated heterocycles. The molecular weight excluding hydrogens is 442 g/mol. The highest BCUT2D eigenvalue weighted by Gasteiger charge is 2.48. The molecule has 2 amide bonds. The fourth-order valence-corrected chi connectivity index (χ4v) is 5.57. The quantitative estimate of drug-likeness (QED) is 0.496. The average molecular weight is 478 g/mol. The van der Waals surface area contributed by atoms with Crippen LogP contribution in [0.15, 0.2) is 40.8 Å². The van der Waals surface area contributed by atoms with Crippen molar-refractivity contribution in [1.29, 1.82) is 0 Å². The highest BCUT2D eigenvalue weighted by Crippen LogP contribution is 2.36. The standard InChI is InChI=1S/C28H35N3O4/c1-4-34-24-14-10-9-11-20(24)17-31-26(32)23-16-25-22(15-19(2)35-25)30(23)18-28(31,3)27(33)29-21-12-7-5-6-8-13-21/h9-11,14-16,21H,4-8,12-13,17-18H2,1-3H3,(H,29,33). The Labute approximate surface area is 206 Å². The normalized spacial score (nSPS) is 21.1. The highest BCUT2D eigenvalue weighted by molar-refractivity contribution is 6.03. The molecule has 1 unspecified atom stereocenters. The first-order valence-electron chi connectivity index (χ1n) is 12.8. The number of rotatable bonds is 6. The van der Waals surface area contributed by atoms with Crippen molar-refractivity contribution in [1.82, 2.24) is 14.8 Å². The summed E-state index contributed by atoms with van der Waals surface area (Å²) >= 11 is 0. The number of aryl methyl sites for hydroxylation is 1. The Morgan fingerprint density at radius 2 is 1.91 bits per heavy atom. The fourth-order valence-electron chi connectivity index (χ4n) is 5.57. The van der Waals surface area contributed by atoms with Gasteiger partial charge >= 0.3 is 0 Å². The van der Waals surface area contributed by atoms with Gasteiger partial charge in [0.2, 0.25) is 5.91 Å². The van der Waals surface area contributed by atoms with Crippen molar-refractivity contribution in [2.24, 2.45) is 0 Å². The van der Waals surface area contributed by atoms with Crippen molar-refractivity contribution in [3.63, 3.8) is 0 Å². The molecule has 2 aromatic heterocycles. The van der Waals surface area contributed by atoms with Gasteiger partial charge in [0.05, 0.1) is 25.2 Å². The number of para-hydroxylation sites is 1. The fraction of sp³-hybridized carbons (Fsp3) is 0.500. The monoisotopic (exact) mass is 477 g/mol. The zero-order valence-corrected chi connectivity index (χ0v) is 20.9. The van der Waals surface area contributed by atoms with Crippen molar-refractivity contribution in [2.75, 3.05) is 6.61 Å². The predicted molar refractivity (Wildman–Crippen MR) is 134 cm³/mol. The molecule has 186 valence electrons. The lowest BCUT2D eigenvalue weighted by molar-refractivity contribution is -0.134. The van der Waals surface area contributed by atoms with Gasteiger partial charge in [-0.3, -0.25) is 9.59 Å². The Hall–Kier alpha value is -3.22. The van der Waals surface area contributed by atoms with Crippen molar-refractivity contribution >= 4 is 22.9 Å². The van der Waals surface area contributed by atoms with Crippen molar-refractivity contribution in [2.45, 2.75) is 84.0 Å². The Kier molecular flexibility index (Phi) is 6.34. The molecule has 3 aromatic rings. The summed E-state index contributed by atoms with van der Waals surface area (Å²) in [6.45, 7) is 6.91. The average Bonchev–Trinajstić information content (AvgIpc) is 3.23. The molecular formula is C28H35N3O4. The lowest BCUT2D eigenvalue weighted by Gasteiger charge is -2.44. The maximum atomic E-state index is 14.0. The van der Waals surface area contributed by atoms with Gasteiger partial charge in [0, 0.05) is 23.7 Å². The molecule has 1 aliphatic carbocycles. The Morgan fingerprint density at radius 1 is 1.17 bits per heavy atom. The lowest BCUT2D eigenvalue weighted by atomic mass is 9.92. The van der Waals surface area contributed by atoms with E-state index in [4.69, 9.17) is 9.15 Å². The Balaban J connectivity index is 1.54. The Bertz CT molecular complexity index is 1230. The zero-order chi connectivity index (χ0) is 24.6. The van der Waals surface area contributed by atoms with Crippen LogP contribution in [0.3, 0.4) is 0 Å². The second-order valence-electron chi connectivity index (χ2n) is 10.1. The first kappa shape index (κ1) is 23.5. The molecule has 0 radical (unpaired) electrons. The molecule has 35 heavy (non-hydrogen) atoms. The topological polar surface area (TPSA) is 76.7 Å². The van der Waals surface area contributed by atoms with E-state index in [9.17, 15) is 9.59 Å². The minimum Gasteiger partial charge on any atom is -0.494 e. The van der Waals surface area contributed by atoms with Gasteiger partial charge in [-0.2, -0.15) is 0 Å². The summed E-state index contributed by atoms with van der Waals surface area (Å²) in [4.78, 5) is 29.6. The van der Waals surface area contributed by atoms with Crippen LogP contribution >= 0.6 is 0 Å². The molecule has 1 atom stereocenters. The van der Waals surface area contributed by atoms with Crippen molar-refractivity contribution in [3.8, 4) is 5.75 Å². The number of nitrogens with one attached hydrogen (secondary N) is 1. The Morgan fingerprint density at radius 3 is 2.66 bits per heavy atom. The maximum Gasteiger partial charge on any atom is 0.271 e. The smallest absolute Gasteiger partial charge is 0.271 e. The van der Waals surface area contributed by atoms with E-state index < -0.39 is 5.54 Å². The summed E-state index contributed by atoms with van der Waals surface area (Å²) < 4.78 is 13.6. The first-order chi connectivity index (χ1) is 16.9. The number of fused-ring (bicyclic) bond motifs is 3. The van der Waals surface area contributed by atoms with E-state index in [1.54, 1.807) is 11.0 Å². The van der Waals surface area contributed by atoms with E-state index in [0.717, 1.165) is 48.3 Å². The molecule has 7 nitrogen and oxygen atoms in total. The zero-order valence-electron chi connectivity index (χ0n) is 20.9. The highest BCUT2D eigenvalue weighted by atomic mass is 16.5. The summed E-state index contributed by atoms with van der Waals surface area (Å²) in [5.74, 6) is 1.25. The van der Waals surface area contributed by atoms with E-state index in [-0.39, 0.29) is 24.4 Å². The number of nitrogens with zero attached hydrogens (tertiary/aromatic N) is 2. The molecule has 1 fully saturated rings. The number of carbonyl (C=O) groups is 2. The maximum absolute atomic E-state index is 14.0. The van der Waals surface area contributed by atoms with Crippen LogP contribution in [0.25, 0.3) is 11.1 Å². The lowest BCUT2D eigenvalue weighted by Crippen LogP contribution is -2.64. The van der Waals surface area contributed by atoms with Crippen LogP contribution in [0.1, 0.15) is 74.2 Å². The summed E-state index contributed by atoms with van der Waals surface area (Å²) in [6.07, 6.45) is 6.66. The summed E-state index contributed by atoms with van der Waals surface area (Å²) in [6, 6.07) is 11.6. The second kappa shape index (κ2) is 9.44. The van der Waals surface area contributed by atoms with Gasteiger partial charge in [-0.1, -0.05) is 43.9 Å². The minimum atomic E-state index is -1.06. The number of hydrogen-bond donors (Lipinski definition) is 1. The third-order valence-electron chi connectivity index (χ3n) is 7.52. The number of hydrogen-bond acceptors (Lipinski definition) is 4. The molecule has 5 rings (SSSR count). The van der Waals surface area contributed by atoms with E-state index >= 15 is 0 Å². The van der Waals surface area contributed by atoms with Gasteiger partial charge < -0.3 is 23.9 Å². The molecule has 1 N–H and O–H groups in total. The van der Waals surface area contributed by atoms with Crippen LogP contribution in [-0.4, -0.2) is 39.5 Å². The summed E-state index contributed by atoms with van der Waals surface area (Å²) in [5.41, 5.74) is 1.90. The number of furan rings is 1. The van der Waals surface area contributed by atoms with Crippen molar-refractivity contribution < 1.29 is 18.7 Å². The number of carbonyl (C=O) groups excluding carboxylic acids is 2. The molecule has 2 aliphatic rings. The molecule has 0 spiro atoms. The molecule has 7 heteroatoms. The molecule has 1 saturated carbocycles. The van der Waals surface area contributed by atoms with Crippen LogP contribution < -0.4 is 10.1 Å². The molecule has 1 aromatic carbocycles. The first-order valence-corrected chi connectivity index (χ1v) is 12.8. The van der Waals surface area contributed by atoms with Crippen LogP contribution in [0, 0.1) is 6.92 Å². The van der Waals surface area contributed by atoms with Gasteiger partial charge in [-0.15, -0.1) is 0 Å². The van der Waals surface area contributed by atoms with Crippen molar-refractivity contribution in [3.05, 3.63) is 53.4 Å². The van der Waals surface area contributed by atoms with E-state index in [1.165, 1.54) is 12.8 Å². The number of ether oxygens (including phenoxy) is 1. The van der Waals surface area contributed by atoms with Gasteiger partial charge in [-0.05, 0) is 39.7 Å². The SMILES string of the molecule is CCOc1ccccc1CN1C(=O)c2cc3oc(C)cc3n2CC1(C)C(=O)NC1CCCCCC1. The third-order valence-corrected chi connectivity index (χ3v) is 7.52. The molecule has 1 aliphatic heterocycles. The van der Waals surface area contributed by atoms with E-state index in [0.29, 0.717) is 24.4 Å². The van der Waals surface area contributed by atoms with Gasteiger partial charge in [0.25, 0.3) is 5.91 Å². The number of aromatic nitrogens is 1. The van der Waals surface area contributed by atoms with E-state index in [1.807, 2.05) is 55.7 Å². The van der Waals surface area contributed by atoms with Crippen LogP contribution in [0.4, 0.5) is 0 Å². The third kappa shape index (κ3) is 4.32. The van der Waals surface area contributed by atoms with Gasteiger partial charge in [-0.25, -0.2) is 0 Å². The predicted octanol–water partition coefficient (Wildman–Crippen LogP) is 5.20. The second-order valence-corrected chi connectivity index (χ2v) is 10.1. The largest absolute Gasteiger partial charge is 0.494 e. The summed E-state index contributed by atoms with van der Waals surface area (Å²) in [7, 11) is 0. The van der Waals surface area contributed by atoms with E-state index in [2.05, 4.69) is 5.32 Å². The van der Waals surface area contributed by atoms with Gasteiger partial charge in [0.1, 0.15) is 22.7 Å². The molecule has 0 bridgehead atoms. The van der Waals surface area contributed by atoms with Crippen LogP contribution in [0.2, 0.25) is 0 Å². The number of benzene rings is 1. The summed E-state index contributed by atoms with van der Waals surface area (Å²) in [5, 5.41) is 3.32. The van der Waals surface area contributed by atoms with Crippen LogP contribution in [0.5, 0.6) is 5.75 Å².